The number of ether oxygens (including phenoxy) is 1. The van der Waals surface area contributed by atoms with Gasteiger partial charge in [0, 0.05) is 54.8 Å². The van der Waals surface area contributed by atoms with Gasteiger partial charge in [-0.2, -0.15) is 0 Å². The fourth-order valence-electron chi connectivity index (χ4n) is 4.07. The van der Waals surface area contributed by atoms with Crippen molar-refractivity contribution in [2.75, 3.05) is 56.0 Å². The highest BCUT2D eigenvalue weighted by Gasteiger charge is 2.24. The Morgan fingerprint density at radius 1 is 1.21 bits per heavy atom. The van der Waals surface area contributed by atoms with Crippen LogP contribution in [0.4, 0.5) is 11.4 Å². The van der Waals surface area contributed by atoms with Crippen molar-refractivity contribution in [1.29, 1.82) is 0 Å². The minimum Gasteiger partial charge on any atom is -0.383 e. The van der Waals surface area contributed by atoms with E-state index in [1.54, 1.807) is 0 Å². The van der Waals surface area contributed by atoms with Gasteiger partial charge in [0.05, 0.1) is 29.2 Å². The number of nitrogens with one attached hydrogen (secondary N) is 2. The highest BCUT2D eigenvalue weighted by molar-refractivity contribution is 7.86. The summed E-state index contributed by atoms with van der Waals surface area (Å²) in [6, 6.07) is 10.1. The van der Waals surface area contributed by atoms with Gasteiger partial charge in [-0.3, -0.25) is 14.6 Å². The number of benzene rings is 2. The van der Waals surface area contributed by atoms with Crippen LogP contribution in [0, 0.1) is 0 Å². The number of morpholine rings is 1. The van der Waals surface area contributed by atoms with Crippen LogP contribution in [0.5, 0.6) is 0 Å². The Morgan fingerprint density at radius 3 is 2.96 bits per heavy atom. The first-order valence-corrected chi connectivity index (χ1v) is 11.0. The van der Waals surface area contributed by atoms with E-state index in [9.17, 15) is 4.21 Å². The molecule has 0 aliphatic carbocycles. The van der Waals surface area contributed by atoms with Gasteiger partial charge in [0.25, 0.3) is 0 Å². The third-order valence-corrected chi connectivity index (χ3v) is 6.65. The number of hydrogen-bond acceptors (Lipinski definition) is 5. The highest BCUT2D eigenvalue weighted by atomic mass is 32.2. The van der Waals surface area contributed by atoms with Gasteiger partial charge in [-0.05, 0) is 18.6 Å². The predicted octanol–water partition coefficient (Wildman–Crippen LogP) is 1.35. The molecule has 1 unspecified atom stereocenters. The normalized spacial score (nSPS) is 20.6. The highest BCUT2D eigenvalue weighted by Crippen LogP contribution is 2.36. The smallest absolute Gasteiger partial charge is 0.151 e. The summed E-state index contributed by atoms with van der Waals surface area (Å²) in [6.45, 7) is 6.27. The maximum absolute atomic E-state index is 12.7. The van der Waals surface area contributed by atoms with Crippen LogP contribution in [0.15, 0.2) is 40.2 Å². The van der Waals surface area contributed by atoms with Crippen molar-refractivity contribution in [2.45, 2.75) is 11.3 Å². The van der Waals surface area contributed by atoms with E-state index in [-0.39, 0.29) is 0 Å². The molecule has 0 spiro atoms. The Bertz CT molecular complexity index is 1050. The van der Waals surface area contributed by atoms with Crippen LogP contribution in [0.2, 0.25) is 0 Å². The van der Waals surface area contributed by atoms with Crippen LogP contribution in [-0.2, 0) is 15.7 Å². The summed E-state index contributed by atoms with van der Waals surface area (Å²) < 4.78 is 21.3. The molecule has 5 rings (SSSR count). The molecular weight excluding hydrogens is 372 g/mol. The number of fused-ring (bicyclic) bond motifs is 5. The van der Waals surface area contributed by atoms with E-state index < -0.39 is 11.0 Å². The summed E-state index contributed by atoms with van der Waals surface area (Å²) in [4.78, 5) is 8.03. The maximum atomic E-state index is 12.7. The average molecular weight is 397 g/mol. The van der Waals surface area contributed by atoms with Crippen molar-refractivity contribution in [3.63, 3.8) is 0 Å². The summed E-state index contributed by atoms with van der Waals surface area (Å²) in [6.07, 6.45) is 3.17. The number of nitrogens with zero attached hydrogens (tertiary/aromatic N) is 2. The summed E-state index contributed by atoms with van der Waals surface area (Å²) >= 11 is 0. The van der Waals surface area contributed by atoms with E-state index in [2.05, 4.69) is 27.1 Å². The Kier molecular flexibility index (Phi) is 4.88. The average Bonchev–Trinajstić information content (AvgIpc) is 2.75. The largest absolute Gasteiger partial charge is 0.383 e. The Labute approximate surface area is 166 Å². The van der Waals surface area contributed by atoms with Crippen molar-refractivity contribution in [3.05, 3.63) is 40.9 Å². The zero-order chi connectivity index (χ0) is 18.9. The third-order valence-electron chi connectivity index (χ3n) is 5.51. The molecule has 7 heteroatoms. The molecule has 0 saturated carbocycles. The molecule has 6 nitrogen and oxygen atoms in total. The second-order valence-electron chi connectivity index (χ2n) is 7.23. The molecule has 0 radical (unpaired) electrons. The molecule has 1 saturated heterocycles. The second-order valence-corrected chi connectivity index (χ2v) is 8.41. The van der Waals surface area contributed by atoms with E-state index in [1.165, 1.54) is 0 Å². The van der Waals surface area contributed by atoms with E-state index >= 15 is 0 Å². The quantitative estimate of drug-likeness (QED) is 0.819. The Hall–Kier alpha value is -2.22. The molecule has 0 bridgehead atoms. The van der Waals surface area contributed by atoms with Gasteiger partial charge in [0.2, 0.25) is 0 Å². The lowest BCUT2D eigenvalue weighted by molar-refractivity contribution is 0.0398. The Morgan fingerprint density at radius 2 is 2.07 bits per heavy atom. The summed E-state index contributed by atoms with van der Waals surface area (Å²) in [5.41, 5.74) is 4.09. The Balaban J connectivity index is 1.52. The molecule has 146 valence electrons. The molecule has 0 aromatic heterocycles. The lowest BCUT2D eigenvalue weighted by Gasteiger charge is -2.27. The van der Waals surface area contributed by atoms with Gasteiger partial charge in [-0.25, -0.2) is 4.21 Å². The van der Waals surface area contributed by atoms with Crippen LogP contribution in [0.25, 0.3) is 17.2 Å². The van der Waals surface area contributed by atoms with Crippen LogP contribution in [-0.4, -0.2) is 55.0 Å². The number of anilines is 2. The summed E-state index contributed by atoms with van der Waals surface area (Å²) in [5.74, 6) is 0. The fraction of sp³-hybridized carbons (Fsp3) is 0.381. The van der Waals surface area contributed by atoms with Crippen LogP contribution >= 0.6 is 0 Å². The van der Waals surface area contributed by atoms with Gasteiger partial charge in [-0.1, -0.05) is 24.3 Å². The molecule has 3 aliphatic rings. The monoisotopic (exact) mass is 396 g/mol. The minimum absolute atomic E-state index is 0.770. The molecule has 3 aliphatic heterocycles. The van der Waals surface area contributed by atoms with Crippen molar-refractivity contribution in [1.82, 2.24) is 4.90 Å². The first kappa shape index (κ1) is 17.8. The zero-order valence-corrected chi connectivity index (χ0v) is 16.6. The number of hydrogen-bond donors (Lipinski definition) is 2. The molecule has 2 aromatic carbocycles. The SMILES string of the molecule is O=S1Nc2c(cc(NCCN3CCOCC3)c3c2=NCCC=3)-c2ccccc21. The first-order valence-electron chi connectivity index (χ1n) is 9.85. The van der Waals surface area contributed by atoms with E-state index in [1.807, 2.05) is 24.3 Å². The fourth-order valence-corrected chi connectivity index (χ4v) is 5.16. The van der Waals surface area contributed by atoms with Gasteiger partial charge >= 0.3 is 0 Å². The predicted molar refractivity (Wildman–Crippen MR) is 112 cm³/mol. The van der Waals surface area contributed by atoms with Crippen LogP contribution in [0.3, 0.4) is 0 Å². The van der Waals surface area contributed by atoms with Gasteiger partial charge < -0.3 is 10.1 Å². The maximum Gasteiger partial charge on any atom is 0.151 e. The van der Waals surface area contributed by atoms with E-state index in [4.69, 9.17) is 9.73 Å². The molecule has 3 heterocycles. The standard InChI is InChI=1S/C21H24N4O2S/c26-28-19-6-2-1-4-15(19)17-14-18(22-8-9-25-10-12-27-13-11-25)16-5-3-7-23-20(16)21(17)24-28/h1-2,4-6,14,22,24H,3,7-13H2. The van der Waals surface area contributed by atoms with Crippen molar-refractivity contribution < 1.29 is 8.95 Å². The summed E-state index contributed by atoms with van der Waals surface area (Å²) in [5, 5.41) is 5.69. The first-order chi connectivity index (χ1) is 13.8. The molecule has 28 heavy (non-hydrogen) atoms. The van der Waals surface area contributed by atoms with Crippen LogP contribution < -0.4 is 20.6 Å². The van der Waals surface area contributed by atoms with E-state index in [0.717, 1.165) is 90.3 Å². The molecule has 2 aromatic rings. The molecule has 0 amide bonds. The van der Waals surface area contributed by atoms with Crippen molar-refractivity contribution >= 4 is 28.4 Å². The number of rotatable bonds is 4. The molecule has 1 atom stereocenters. The second kappa shape index (κ2) is 7.66. The van der Waals surface area contributed by atoms with Gasteiger partial charge in [-0.15, -0.1) is 0 Å². The summed E-state index contributed by atoms with van der Waals surface area (Å²) in [7, 11) is -1.25. The minimum atomic E-state index is -1.25. The van der Waals surface area contributed by atoms with Crippen molar-refractivity contribution in [2.24, 2.45) is 4.99 Å². The van der Waals surface area contributed by atoms with Gasteiger partial charge in [0.1, 0.15) is 0 Å². The molecule has 2 N–H and O–H groups in total. The molecular formula is C21H24N4O2S. The van der Waals surface area contributed by atoms with E-state index in [0.29, 0.717) is 0 Å². The van der Waals surface area contributed by atoms with Gasteiger partial charge in [0.15, 0.2) is 11.0 Å². The molecule has 1 fully saturated rings. The third kappa shape index (κ3) is 3.23. The zero-order valence-electron chi connectivity index (χ0n) is 15.7. The lowest BCUT2D eigenvalue weighted by Crippen LogP contribution is -2.40. The topological polar surface area (TPSA) is 66.0 Å². The van der Waals surface area contributed by atoms with Crippen LogP contribution in [0.1, 0.15) is 6.42 Å². The lowest BCUT2D eigenvalue weighted by atomic mass is 9.99. The van der Waals surface area contributed by atoms with Crippen molar-refractivity contribution in [3.8, 4) is 11.1 Å².